The topological polar surface area (TPSA) is 29.3 Å². The summed E-state index contributed by atoms with van der Waals surface area (Å²) in [7, 11) is 0. The average Bonchev–Trinajstić information content (AvgIpc) is 2.29. The third-order valence-corrected chi connectivity index (χ3v) is 3.13. The first-order chi connectivity index (χ1) is 8.20. The average molecular weight is 242 g/mol. The molecule has 2 N–H and O–H groups in total. The SMILES string of the molecule is CCCCCCCCN(CCCN)CC(C)C. The number of nitrogens with two attached hydrogens (primary N) is 1. The molecule has 2 nitrogen and oxygen atoms in total. The fourth-order valence-corrected chi connectivity index (χ4v) is 2.24. The molecule has 0 aliphatic rings. The fraction of sp³-hybridized carbons (Fsp3) is 1.00. The van der Waals surface area contributed by atoms with Crippen LogP contribution >= 0.6 is 0 Å². The second-order valence-corrected chi connectivity index (χ2v) is 5.60. The Morgan fingerprint density at radius 2 is 1.47 bits per heavy atom. The van der Waals surface area contributed by atoms with E-state index in [1.165, 1.54) is 58.2 Å². The van der Waals surface area contributed by atoms with Crippen LogP contribution in [0.4, 0.5) is 0 Å². The van der Waals surface area contributed by atoms with Crippen molar-refractivity contribution in [1.29, 1.82) is 0 Å². The standard InChI is InChI=1S/C15H34N2/c1-4-5-6-7-8-9-12-17(13-10-11-16)14-15(2)3/h15H,4-14,16H2,1-3H3. The Morgan fingerprint density at radius 1 is 0.882 bits per heavy atom. The predicted molar refractivity (Wildman–Crippen MR) is 78.3 cm³/mol. The normalized spacial score (nSPS) is 11.6. The zero-order valence-electron chi connectivity index (χ0n) is 12.4. The molecule has 0 heterocycles. The minimum atomic E-state index is 0.771. The third kappa shape index (κ3) is 12.2. The lowest BCUT2D eigenvalue weighted by Crippen LogP contribution is -2.31. The highest BCUT2D eigenvalue weighted by Crippen LogP contribution is 2.07. The molecule has 0 amide bonds. The minimum absolute atomic E-state index is 0.771. The molecule has 104 valence electrons. The summed E-state index contributed by atoms with van der Waals surface area (Å²) in [6.07, 6.45) is 9.49. The Labute approximate surface area is 109 Å². The van der Waals surface area contributed by atoms with Crippen LogP contribution in [0, 0.1) is 5.92 Å². The van der Waals surface area contributed by atoms with Crippen LogP contribution < -0.4 is 5.73 Å². The Hall–Kier alpha value is -0.0800. The van der Waals surface area contributed by atoms with Crippen molar-refractivity contribution in [1.82, 2.24) is 4.90 Å². The summed E-state index contributed by atoms with van der Waals surface area (Å²) >= 11 is 0. The number of nitrogens with zero attached hydrogens (tertiary/aromatic N) is 1. The number of hydrogen-bond acceptors (Lipinski definition) is 2. The van der Waals surface area contributed by atoms with Gasteiger partial charge in [0.2, 0.25) is 0 Å². The van der Waals surface area contributed by atoms with Crippen LogP contribution in [-0.2, 0) is 0 Å². The van der Waals surface area contributed by atoms with Crippen molar-refractivity contribution in [3.05, 3.63) is 0 Å². The molecule has 0 aromatic heterocycles. The zero-order valence-corrected chi connectivity index (χ0v) is 12.4. The molecule has 0 rings (SSSR count). The van der Waals surface area contributed by atoms with Crippen LogP contribution in [0.2, 0.25) is 0 Å². The van der Waals surface area contributed by atoms with Crippen molar-refractivity contribution in [2.24, 2.45) is 11.7 Å². The fourth-order valence-electron chi connectivity index (χ4n) is 2.24. The van der Waals surface area contributed by atoms with E-state index in [-0.39, 0.29) is 0 Å². The predicted octanol–water partition coefficient (Wildman–Crippen LogP) is 3.65. The van der Waals surface area contributed by atoms with Crippen LogP contribution in [-0.4, -0.2) is 31.1 Å². The molecule has 0 aliphatic carbocycles. The van der Waals surface area contributed by atoms with E-state index in [0.717, 1.165) is 18.9 Å². The first-order valence-electron chi connectivity index (χ1n) is 7.63. The highest BCUT2D eigenvalue weighted by Gasteiger charge is 2.06. The van der Waals surface area contributed by atoms with Crippen molar-refractivity contribution in [2.45, 2.75) is 65.7 Å². The van der Waals surface area contributed by atoms with Gasteiger partial charge in [-0.1, -0.05) is 52.9 Å². The molecule has 0 aromatic rings. The molecule has 0 radical (unpaired) electrons. The Morgan fingerprint density at radius 3 is 2.06 bits per heavy atom. The first-order valence-corrected chi connectivity index (χ1v) is 7.63. The maximum absolute atomic E-state index is 5.59. The Balaban J connectivity index is 3.53. The summed E-state index contributed by atoms with van der Waals surface area (Å²) in [6.45, 7) is 11.4. The van der Waals surface area contributed by atoms with E-state index in [9.17, 15) is 0 Å². The summed E-state index contributed by atoms with van der Waals surface area (Å²) in [6, 6.07) is 0. The Kier molecular flexibility index (Phi) is 12.3. The first kappa shape index (κ1) is 16.9. The minimum Gasteiger partial charge on any atom is -0.330 e. The van der Waals surface area contributed by atoms with E-state index in [4.69, 9.17) is 5.73 Å². The van der Waals surface area contributed by atoms with Gasteiger partial charge in [-0.3, -0.25) is 0 Å². The largest absolute Gasteiger partial charge is 0.330 e. The van der Waals surface area contributed by atoms with Crippen molar-refractivity contribution >= 4 is 0 Å². The molecule has 0 unspecified atom stereocenters. The summed E-state index contributed by atoms with van der Waals surface area (Å²) in [5.41, 5.74) is 5.59. The number of rotatable bonds is 12. The molecular weight excluding hydrogens is 208 g/mol. The van der Waals surface area contributed by atoms with E-state index in [2.05, 4.69) is 25.7 Å². The molecule has 0 atom stereocenters. The van der Waals surface area contributed by atoms with Crippen molar-refractivity contribution in [3.8, 4) is 0 Å². The van der Waals surface area contributed by atoms with Gasteiger partial charge in [-0.2, -0.15) is 0 Å². The Bertz CT molecular complexity index is 146. The van der Waals surface area contributed by atoms with Crippen molar-refractivity contribution in [3.63, 3.8) is 0 Å². The molecule has 2 heteroatoms. The van der Waals surface area contributed by atoms with Crippen LogP contribution in [0.5, 0.6) is 0 Å². The van der Waals surface area contributed by atoms with Gasteiger partial charge in [-0.15, -0.1) is 0 Å². The summed E-state index contributed by atoms with van der Waals surface area (Å²) < 4.78 is 0. The van der Waals surface area contributed by atoms with Crippen molar-refractivity contribution in [2.75, 3.05) is 26.2 Å². The van der Waals surface area contributed by atoms with Gasteiger partial charge in [0.15, 0.2) is 0 Å². The molecule has 0 saturated carbocycles. The maximum atomic E-state index is 5.59. The van der Waals surface area contributed by atoms with E-state index in [1.807, 2.05) is 0 Å². The molecule has 0 saturated heterocycles. The quantitative estimate of drug-likeness (QED) is 0.529. The van der Waals surface area contributed by atoms with Crippen LogP contribution in [0.3, 0.4) is 0 Å². The van der Waals surface area contributed by atoms with Crippen LogP contribution in [0.1, 0.15) is 65.7 Å². The van der Waals surface area contributed by atoms with Gasteiger partial charge >= 0.3 is 0 Å². The molecule has 0 spiro atoms. The summed E-state index contributed by atoms with van der Waals surface area (Å²) in [4.78, 5) is 2.59. The van der Waals surface area contributed by atoms with E-state index in [1.54, 1.807) is 0 Å². The highest BCUT2D eigenvalue weighted by atomic mass is 15.1. The van der Waals surface area contributed by atoms with E-state index in [0.29, 0.717) is 0 Å². The lowest BCUT2D eigenvalue weighted by atomic mass is 10.1. The van der Waals surface area contributed by atoms with Gasteiger partial charge in [0.25, 0.3) is 0 Å². The monoisotopic (exact) mass is 242 g/mol. The third-order valence-electron chi connectivity index (χ3n) is 3.13. The number of hydrogen-bond donors (Lipinski definition) is 1. The second kappa shape index (κ2) is 12.4. The molecule has 0 aromatic carbocycles. The van der Waals surface area contributed by atoms with Crippen LogP contribution in [0.25, 0.3) is 0 Å². The smallest absolute Gasteiger partial charge is 0.000439 e. The van der Waals surface area contributed by atoms with E-state index < -0.39 is 0 Å². The van der Waals surface area contributed by atoms with Gasteiger partial charge in [0.1, 0.15) is 0 Å². The maximum Gasteiger partial charge on any atom is 0.000439 e. The molecule has 0 bridgehead atoms. The summed E-state index contributed by atoms with van der Waals surface area (Å²) in [5.74, 6) is 0.771. The molecule has 0 fully saturated rings. The zero-order chi connectivity index (χ0) is 12.9. The van der Waals surface area contributed by atoms with Gasteiger partial charge in [-0.05, 0) is 38.4 Å². The van der Waals surface area contributed by atoms with Gasteiger partial charge in [0.05, 0.1) is 0 Å². The van der Waals surface area contributed by atoms with Gasteiger partial charge in [0, 0.05) is 6.54 Å². The van der Waals surface area contributed by atoms with Gasteiger partial charge in [-0.25, -0.2) is 0 Å². The van der Waals surface area contributed by atoms with Crippen LogP contribution in [0.15, 0.2) is 0 Å². The second-order valence-electron chi connectivity index (χ2n) is 5.60. The highest BCUT2D eigenvalue weighted by molar-refractivity contribution is 4.61. The summed E-state index contributed by atoms with van der Waals surface area (Å²) in [5, 5.41) is 0. The molecule has 0 aliphatic heterocycles. The lowest BCUT2D eigenvalue weighted by Gasteiger charge is -2.24. The molecular formula is C15H34N2. The van der Waals surface area contributed by atoms with Gasteiger partial charge < -0.3 is 10.6 Å². The van der Waals surface area contributed by atoms with E-state index >= 15 is 0 Å². The number of unbranched alkanes of at least 4 members (excludes halogenated alkanes) is 5. The molecule has 17 heavy (non-hydrogen) atoms. The lowest BCUT2D eigenvalue weighted by molar-refractivity contribution is 0.237. The van der Waals surface area contributed by atoms with Crippen molar-refractivity contribution < 1.29 is 0 Å².